The van der Waals surface area contributed by atoms with Crippen molar-refractivity contribution in [1.82, 2.24) is 0 Å². The van der Waals surface area contributed by atoms with E-state index in [1.54, 1.807) is 27.7 Å². The fourth-order valence-corrected chi connectivity index (χ4v) is 0. The van der Waals surface area contributed by atoms with E-state index in [0.717, 1.165) is 0 Å². The van der Waals surface area contributed by atoms with Crippen LogP contribution in [0.4, 0.5) is 0 Å². The molecule has 0 N–H and O–H groups in total. The van der Waals surface area contributed by atoms with Gasteiger partial charge in [0.1, 0.15) is 0 Å². The summed E-state index contributed by atoms with van der Waals surface area (Å²) in [5, 5.41) is 35.7. The molecule has 0 aliphatic rings. The molecule has 0 aromatic heterocycles. The van der Waals surface area contributed by atoms with Gasteiger partial charge >= 0.3 is 7.43 Å². The van der Waals surface area contributed by atoms with Crippen LogP contribution in [0, 0.1) is 7.43 Å². The fourth-order valence-electron chi connectivity index (χ4n) is 0. The molecule has 0 saturated heterocycles. The maximum absolute atomic E-state index is 8.93. The molecule has 0 aliphatic carbocycles. The SMILES string of the molecule is CC[O-].CC[O-].CC[O-].CC[O-].[C+4]. The maximum Gasteiger partial charge on any atom is 4.00 e. The molecule has 0 heterocycles. The third-order valence-corrected chi connectivity index (χ3v) is 0. The van der Waals surface area contributed by atoms with E-state index in [2.05, 4.69) is 0 Å². The third-order valence-electron chi connectivity index (χ3n) is 0. The van der Waals surface area contributed by atoms with Crippen molar-refractivity contribution in [3.8, 4) is 0 Å². The Labute approximate surface area is 82.9 Å². The molecule has 0 rings (SSSR count). The molecule has 4 nitrogen and oxygen atoms in total. The van der Waals surface area contributed by atoms with Gasteiger partial charge in [-0.15, -0.1) is 26.4 Å². The predicted octanol–water partition coefficient (Wildman–Crippen LogP) is -2.45. The van der Waals surface area contributed by atoms with Gasteiger partial charge < -0.3 is 20.4 Å². The minimum absolute atomic E-state index is 0. The van der Waals surface area contributed by atoms with Crippen LogP contribution in [0.5, 0.6) is 0 Å². The Balaban J connectivity index is -0.0000000213. The van der Waals surface area contributed by atoms with Crippen LogP contribution < -0.4 is 20.4 Å². The van der Waals surface area contributed by atoms with Gasteiger partial charge in [-0.3, -0.25) is 0 Å². The first kappa shape index (κ1) is 29.3. The van der Waals surface area contributed by atoms with Gasteiger partial charge in [-0.1, -0.05) is 27.7 Å². The van der Waals surface area contributed by atoms with Crippen molar-refractivity contribution in [3.05, 3.63) is 7.43 Å². The van der Waals surface area contributed by atoms with Crippen molar-refractivity contribution in [2.24, 2.45) is 0 Å². The zero-order valence-corrected chi connectivity index (χ0v) is 8.96. The summed E-state index contributed by atoms with van der Waals surface area (Å²) in [5.74, 6) is 0. The van der Waals surface area contributed by atoms with E-state index in [1.807, 2.05) is 0 Å². The van der Waals surface area contributed by atoms with Gasteiger partial charge in [-0.05, 0) is 0 Å². The summed E-state index contributed by atoms with van der Waals surface area (Å²) in [4.78, 5) is 0. The maximum atomic E-state index is 8.93. The molecule has 0 bridgehead atoms. The average Bonchev–Trinajstić information content (AvgIpc) is 1.92. The standard InChI is InChI=1S/4C2H5O.C/c4*1-2-3;/h4*2H2,1H3;/q4*-1;+4. The molecule has 4 heteroatoms. The Kier molecular flexibility index (Phi) is 213. The molecule has 0 atom stereocenters. The normalized spacial score (nSPS) is 5.54. The fraction of sp³-hybridized carbons (Fsp3) is 0.889. The molecule has 0 unspecified atom stereocenters. The number of hydrogen-bond donors (Lipinski definition) is 0. The Morgan fingerprint density at radius 2 is 0.538 bits per heavy atom. The van der Waals surface area contributed by atoms with Crippen LogP contribution in [0.15, 0.2) is 0 Å². The summed E-state index contributed by atoms with van der Waals surface area (Å²) in [7, 11) is 0. The van der Waals surface area contributed by atoms with Crippen molar-refractivity contribution in [2.45, 2.75) is 27.7 Å². The molecule has 80 valence electrons. The smallest absolute Gasteiger partial charge is 0.855 e. The summed E-state index contributed by atoms with van der Waals surface area (Å²) in [6, 6.07) is 0. The van der Waals surface area contributed by atoms with Crippen molar-refractivity contribution < 1.29 is 20.4 Å². The average molecular weight is 192 g/mol. The topological polar surface area (TPSA) is 92.2 Å². The van der Waals surface area contributed by atoms with E-state index in [0.29, 0.717) is 0 Å². The van der Waals surface area contributed by atoms with Gasteiger partial charge in [-0.2, -0.15) is 0 Å². The van der Waals surface area contributed by atoms with Crippen LogP contribution in [0.3, 0.4) is 0 Å². The van der Waals surface area contributed by atoms with E-state index in [4.69, 9.17) is 20.4 Å². The van der Waals surface area contributed by atoms with Crippen molar-refractivity contribution in [2.75, 3.05) is 26.4 Å². The predicted molar refractivity (Wildman–Crippen MR) is 45.4 cm³/mol. The van der Waals surface area contributed by atoms with Crippen LogP contribution in [0.1, 0.15) is 27.7 Å². The summed E-state index contributed by atoms with van der Waals surface area (Å²) >= 11 is 0. The number of rotatable bonds is 0. The number of hydrogen-bond acceptors (Lipinski definition) is 4. The van der Waals surface area contributed by atoms with Gasteiger partial charge in [-0.25, -0.2) is 0 Å². The van der Waals surface area contributed by atoms with Gasteiger partial charge in [0.05, 0.1) is 0 Å². The molecule has 0 spiro atoms. The van der Waals surface area contributed by atoms with Crippen LogP contribution in [-0.4, -0.2) is 26.4 Å². The molecule has 0 aromatic carbocycles. The molecule has 0 radical (unpaired) electrons. The monoisotopic (exact) mass is 192 g/mol. The molecule has 0 amide bonds. The van der Waals surface area contributed by atoms with Crippen molar-refractivity contribution >= 4 is 0 Å². The summed E-state index contributed by atoms with van der Waals surface area (Å²) < 4.78 is 0. The van der Waals surface area contributed by atoms with Gasteiger partial charge in [0, 0.05) is 0 Å². The minimum atomic E-state index is 0. The summed E-state index contributed by atoms with van der Waals surface area (Å²) in [5.41, 5.74) is 0. The van der Waals surface area contributed by atoms with E-state index in [1.165, 1.54) is 0 Å². The third kappa shape index (κ3) is 44800. The van der Waals surface area contributed by atoms with Gasteiger partial charge in [0.25, 0.3) is 0 Å². The van der Waals surface area contributed by atoms with E-state index in [9.17, 15) is 0 Å². The molecule has 13 heavy (non-hydrogen) atoms. The summed E-state index contributed by atoms with van der Waals surface area (Å²) in [6.45, 7) is 6.28. The molecular weight excluding hydrogens is 172 g/mol. The Morgan fingerprint density at radius 3 is 0.538 bits per heavy atom. The first-order chi connectivity index (χ1) is 5.66. The second kappa shape index (κ2) is 94.4. The quantitative estimate of drug-likeness (QED) is 0.426. The van der Waals surface area contributed by atoms with Crippen LogP contribution in [0.2, 0.25) is 0 Å². The minimum Gasteiger partial charge on any atom is -0.855 e. The second-order valence-electron chi connectivity index (χ2n) is 1.15. The van der Waals surface area contributed by atoms with E-state index < -0.39 is 0 Å². The molecule has 0 saturated carbocycles. The first-order valence-corrected chi connectivity index (χ1v) is 3.98. The van der Waals surface area contributed by atoms with Gasteiger partial charge in [0.15, 0.2) is 0 Å². The van der Waals surface area contributed by atoms with Crippen LogP contribution in [-0.2, 0) is 0 Å². The largest absolute Gasteiger partial charge is 4.00 e. The van der Waals surface area contributed by atoms with E-state index >= 15 is 0 Å². The Bertz CT molecular complexity index is 19.6. The zero-order valence-electron chi connectivity index (χ0n) is 8.96. The van der Waals surface area contributed by atoms with Crippen LogP contribution in [0.25, 0.3) is 0 Å². The molecule has 0 aromatic rings. The van der Waals surface area contributed by atoms with Crippen LogP contribution >= 0.6 is 0 Å². The first-order valence-electron chi connectivity index (χ1n) is 3.98. The molecule has 0 aliphatic heterocycles. The summed E-state index contributed by atoms with van der Waals surface area (Å²) in [6.07, 6.45) is 0. The Hall–Kier alpha value is -0.160. The zero-order chi connectivity index (χ0) is 10.8. The van der Waals surface area contributed by atoms with Crippen molar-refractivity contribution in [1.29, 1.82) is 0 Å². The second-order valence-corrected chi connectivity index (χ2v) is 1.15. The van der Waals surface area contributed by atoms with Gasteiger partial charge in [0.2, 0.25) is 0 Å². The molecular formula is C9H20O4. The van der Waals surface area contributed by atoms with E-state index in [-0.39, 0.29) is 33.9 Å². The Morgan fingerprint density at radius 1 is 0.538 bits per heavy atom. The molecule has 0 fully saturated rings. The van der Waals surface area contributed by atoms with Crippen molar-refractivity contribution in [3.63, 3.8) is 0 Å².